The predicted octanol–water partition coefficient (Wildman–Crippen LogP) is 4.58. The van der Waals surface area contributed by atoms with Gasteiger partial charge in [0.15, 0.2) is 0 Å². The second kappa shape index (κ2) is 5.75. The Balaban J connectivity index is 2.53. The van der Waals surface area contributed by atoms with Crippen molar-refractivity contribution in [1.82, 2.24) is 0 Å². The fraction of sp³-hybridized carbons (Fsp3) is 0.200. The number of benzene rings is 2. The van der Waals surface area contributed by atoms with Gasteiger partial charge in [-0.25, -0.2) is 0 Å². The molecule has 0 spiro atoms. The number of rotatable bonds is 3. The van der Waals surface area contributed by atoms with Gasteiger partial charge >= 0.3 is 0 Å². The van der Waals surface area contributed by atoms with Crippen molar-refractivity contribution in [1.29, 1.82) is 0 Å². The summed E-state index contributed by atoms with van der Waals surface area (Å²) in [6.45, 7) is 1.77. The van der Waals surface area contributed by atoms with Crippen molar-refractivity contribution in [2.75, 3.05) is 0 Å². The molecule has 18 heavy (non-hydrogen) atoms. The molecule has 0 saturated heterocycles. The van der Waals surface area contributed by atoms with Gasteiger partial charge in [0.25, 0.3) is 0 Å². The molecule has 0 heterocycles. The van der Waals surface area contributed by atoms with Crippen molar-refractivity contribution in [3.8, 4) is 11.1 Å². The lowest BCUT2D eigenvalue weighted by Crippen LogP contribution is -2.05. The van der Waals surface area contributed by atoms with Crippen LogP contribution in [0.25, 0.3) is 11.1 Å². The molecule has 1 atom stereocenters. The van der Waals surface area contributed by atoms with Crippen LogP contribution >= 0.6 is 23.2 Å². The van der Waals surface area contributed by atoms with Gasteiger partial charge in [0.1, 0.15) is 0 Å². The average molecular weight is 281 g/mol. The van der Waals surface area contributed by atoms with E-state index in [-0.39, 0.29) is 6.10 Å². The highest BCUT2D eigenvalue weighted by Gasteiger charge is 2.11. The van der Waals surface area contributed by atoms with Crippen LogP contribution in [0.4, 0.5) is 0 Å². The van der Waals surface area contributed by atoms with Crippen LogP contribution in [0.15, 0.2) is 42.5 Å². The molecule has 1 N–H and O–H groups in total. The van der Waals surface area contributed by atoms with Crippen molar-refractivity contribution in [3.63, 3.8) is 0 Å². The van der Waals surface area contributed by atoms with E-state index in [9.17, 15) is 5.11 Å². The van der Waals surface area contributed by atoms with Crippen LogP contribution in [0.2, 0.25) is 10.0 Å². The van der Waals surface area contributed by atoms with E-state index in [1.807, 2.05) is 36.4 Å². The Hall–Kier alpha value is -1.02. The first kappa shape index (κ1) is 13.4. The second-order valence-corrected chi connectivity index (χ2v) is 5.10. The van der Waals surface area contributed by atoms with Crippen molar-refractivity contribution in [2.24, 2.45) is 0 Å². The van der Waals surface area contributed by atoms with E-state index < -0.39 is 0 Å². The molecular weight excluding hydrogens is 267 g/mol. The van der Waals surface area contributed by atoms with Gasteiger partial charge in [-0.2, -0.15) is 0 Å². The first-order chi connectivity index (χ1) is 8.59. The molecular formula is C15H14Cl2O. The topological polar surface area (TPSA) is 20.2 Å². The van der Waals surface area contributed by atoms with E-state index in [1.165, 1.54) is 0 Å². The molecule has 2 aromatic rings. The van der Waals surface area contributed by atoms with Crippen LogP contribution in [-0.4, -0.2) is 11.2 Å². The predicted molar refractivity (Wildman–Crippen MR) is 77.3 cm³/mol. The first-order valence-corrected chi connectivity index (χ1v) is 6.55. The Labute approximate surface area is 117 Å². The Morgan fingerprint density at radius 3 is 2.39 bits per heavy atom. The first-order valence-electron chi connectivity index (χ1n) is 5.80. The zero-order valence-corrected chi connectivity index (χ0v) is 11.5. The maximum atomic E-state index is 9.54. The molecule has 0 aromatic heterocycles. The Bertz CT molecular complexity index is 550. The zero-order chi connectivity index (χ0) is 13.1. The van der Waals surface area contributed by atoms with Gasteiger partial charge in [0, 0.05) is 5.56 Å². The van der Waals surface area contributed by atoms with Crippen LogP contribution in [0.1, 0.15) is 12.5 Å². The smallest absolute Gasteiger partial charge is 0.0670 e. The Morgan fingerprint density at radius 2 is 1.67 bits per heavy atom. The highest BCUT2D eigenvalue weighted by molar-refractivity contribution is 6.43. The molecule has 0 aliphatic rings. The third-order valence-corrected chi connectivity index (χ3v) is 3.59. The molecule has 2 aromatic carbocycles. The van der Waals surface area contributed by atoms with Crippen LogP contribution in [0, 0.1) is 0 Å². The van der Waals surface area contributed by atoms with Gasteiger partial charge in [-0.05, 0) is 30.5 Å². The summed E-state index contributed by atoms with van der Waals surface area (Å²) in [6, 6.07) is 13.5. The van der Waals surface area contributed by atoms with Gasteiger partial charge < -0.3 is 5.11 Å². The van der Waals surface area contributed by atoms with E-state index in [4.69, 9.17) is 23.2 Å². The van der Waals surface area contributed by atoms with E-state index in [0.717, 1.165) is 16.7 Å². The van der Waals surface area contributed by atoms with Gasteiger partial charge in [-0.1, -0.05) is 59.6 Å². The standard InChI is InChI=1S/C15H14Cl2O/c1-10(18)9-11-5-2-3-6-12(11)13-7-4-8-14(16)15(13)17/h2-8,10,18H,9H2,1H3. The SMILES string of the molecule is CC(O)Cc1ccccc1-c1cccc(Cl)c1Cl. The summed E-state index contributed by atoms with van der Waals surface area (Å²) in [6.07, 6.45) is 0.211. The minimum atomic E-state index is -0.385. The van der Waals surface area contributed by atoms with Crippen molar-refractivity contribution in [2.45, 2.75) is 19.4 Å². The molecule has 1 unspecified atom stereocenters. The quantitative estimate of drug-likeness (QED) is 0.872. The summed E-state index contributed by atoms with van der Waals surface area (Å²) < 4.78 is 0. The maximum absolute atomic E-state index is 9.54. The Morgan fingerprint density at radius 1 is 1.00 bits per heavy atom. The normalized spacial score (nSPS) is 12.4. The monoisotopic (exact) mass is 280 g/mol. The molecule has 0 fully saturated rings. The lowest BCUT2D eigenvalue weighted by molar-refractivity contribution is 0.195. The Kier molecular flexibility index (Phi) is 4.28. The summed E-state index contributed by atoms with van der Waals surface area (Å²) >= 11 is 12.3. The van der Waals surface area contributed by atoms with Crippen LogP contribution < -0.4 is 0 Å². The van der Waals surface area contributed by atoms with E-state index in [0.29, 0.717) is 16.5 Å². The van der Waals surface area contributed by atoms with Gasteiger partial charge in [-0.3, -0.25) is 0 Å². The molecule has 0 aliphatic carbocycles. The summed E-state index contributed by atoms with van der Waals surface area (Å²) in [5.41, 5.74) is 2.99. The number of hydrogen-bond acceptors (Lipinski definition) is 1. The molecule has 3 heteroatoms. The number of aliphatic hydroxyl groups excluding tert-OH is 1. The van der Waals surface area contributed by atoms with Gasteiger partial charge in [0.2, 0.25) is 0 Å². The number of hydrogen-bond donors (Lipinski definition) is 1. The van der Waals surface area contributed by atoms with Crippen molar-refractivity contribution >= 4 is 23.2 Å². The lowest BCUT2D eigenvalue weighted by Gasteiger charge is -2.13. The maximum Gasteiger partial charge on any atom is 0.0670 e. The minimum Gasteiger partial charge on any atom is -0.393 e. The van der Waals surface area contributed by atoms with Gasteiger partial charge in [0.05, 0.1) is 16.1 Å². The van der Waals surface area contributed by atoms with Crippen molar-refractivity contribution in [3.05, 3.63) is 58.1 Å². The van der Waals surface area contributed by atoms with Crippen LogP contribution in [0.3, 0.4) is 0 Å². The lowest BCUT2D eigenvalue weighted by atomic mass is 9.96. The zero-order valence-electron chi connectivity index (χ0n) is 10.0. The fourth-order valence-electron chi connectivity index (χ4n) is 1.99. The third-order valence-electron chi connectivity index (χ3n) is 2.77. The average Bonchev–Trinajstić information content (AvgIpc) is 2.33. The van der Waals surface area contributed by atoms with E-state index in [1.54, 1.807) is 13.0 Å². The fourth-order valence-corrected chi connectivity index (χ4v) is 2.39. The largest absolute Gasteiger partial charge is 0.393 e. The van der Waals surface area contributed by atoms with E-state index in [2.05, 4.69) is 0 Å². The summed E-state index contributed by atoms with van der Waals surface area (Å²) in [4.78, 5) is 0. The highest BCUT2D eigenvalue weighted by atomic mass is 35.5. The van der Waals surface area contributed by atoms with Crippen molar-refractivity contribution < 1.29 is 5.11 Å². The summed E-state index contributed by atoms with van der Waals surface area (Å²) in [5.74, 6) is 0. The molecule has 0 aliphatic heterocycles. The molecule has 0 bridgehead atoms. The molecule has 1 nitrogen and oxygen atoms in total. The minimum absolute atomic E-state index is 0.385. The van der Waals surface area contributed by atoms with Crippen LogP contribution in [-0.2, 0) is 6.42 Å². The molecule has 0 saturated carbocycles. The second-order valence-electron chi connectivity index (χ2n) is 4.31. The molecule has 0 radical (unpaired) electrons. The molecule has 0 amide bonds. The summed E-state index contributed by atoms with van der Waals surface area (Å²) in [5, 5.41) is 10.6. The molecule has 94 valence electrons. The third kappa shape index (κ3) is 2.86. The molecule has 2 rings (SSSR count). The van der Waals surface area contributed by atoms with E-state index >= 15 is 0 Å². The number of halogens is 2. The number of aliphatic hydroxyl groups is 1. The highest BCUT2D eigenvalue weighted by Crippen LogP contribution is 2.35. The summed E-state index contributed by atoms with van der Waals surface area (Å²) in [7, 11) is 0. The van der Waals surface area contributed by atoms with Crippen LogP contribution in [0.5, 0.6) is 0 Å². The van der Waals surface area contributed by atoms with Gasteiger partial charge in [-0.15, -0.1) is 0 Å².